The molecule has 8 aromatic carbocycles. The van der Waals surface area contributed by atoms with E-state index in [9.17, 15) is 5.11 Å². The Balaban J connectivity index is 0.00000706. The second-order valence-corrected chi connectivity index (χ2v) is 24.5. The number of pyridine rings is 1. The van der Waals surface area contributed by atoms with Crippen molar-refractivity contribution in [2.75, 3.05) is 0 Å². The molecule has 5 heteroatoms. The molecular formula is C71H70N3OPt-. The maximum absolute atomic E-state index is 12.7. The quantitative estimate of drug-likeness (QED) is 0.154. The molecule has 0 saturated carbocycles. The first-order valence-corrected chi connectivity index (χ1v) is 26.5. The van der Waals surface area contributed by atoms with Gasteiger partial charge in [-0.1, -0.05) is 228 Å². The van der Waals surface area contributed by atoms with Gasteiger partial charge in [-0.3, -0.25) is 9.55 Å². The van der Waals surface area contributed by atoms with Gasteiger partial charge in [0.25, 0.3) is 0 Å². The first kappa shape index (κ1) is 53.7. The Morgan fingerprint density at radius 1 is 0.447 bits per heavy atom. The molecule has 0 unspecified atom stereocenters. The minimum Gasteiger partial charge on any atom is -0.507 e. The van der Waals surface area contributed by atoms with Crippen molar-refractivity contribution in [3.63, 3.8) is 0 Å². The van der Waals surface area contributed by atoms with Gasteiger partial charge in [0.2, 0.25) is 0 Å². The van der Waals surface area contributed by atoms with Crippen LogP contribution in [0, 0.1) is 13.0 Å². The van der Waals surface area contributed by atoms with Crippen LogP contribution in [0.4, 0.5) is 0 Å². The molecule has 0 amide bonds. The molecule has 0 aliphatic heterocycles. The van der Waals surface area contributed by atoms with Crippen molar-refractivity contribution in [1.29, 1.82) is 0 Å². The van der Waals surface area contributed by atoms with Crippen LogP contribution in [-0.2, 0) is 42.7 Å². The minimum atomic E-state index is -0.341. The monoisotopic (exact) mass is 1180 g/mol. The molecule has 2 aromatic heterocycles. The summed E-state index contributed by atoms with van der Waals surface area (Å²) >= 11 is 0. The van der Waals surface area contributed by atoms with E-state index in [1.807, 2.05) is 6.20 Å². The number of fused-ring (bicyclic) bond motifs is 1. The number of benzene rings is 8. The van der Waals surface area contributed by atoms with E-state index in [1.54, 1.807) is 0 Å². The van der Waals surface area contributed by atoms with E-state index in [4.69, 9.17) is 9.97 Å². The van der Waals surface area contributed by atoms with Crippen LogP contribution in [0.15, 0.2) is 182 Å². The van der Waals surface area contributed by atoms with Crippen molar-refractivity contribution in [1.82, 2.24) is 14.5 Å². The fourth-order valence-corrected chi connectivity index (χ4v) is 10.5. The third-order valence-corrected chi connectivity index (χ3v) is 14.8. The zero-order chi connectivity index (χ0) is 53.2. The first-order valence-electron chi connectivity index (χ1n) is 26.5. The number of phenols is 1. The zero-order valence-corrected chi connectivity index (χ0v) is 48.7. The Kier molecular flexibility index (Phi) is 14.4. The molecule has 0 bridgehead atoms. The van der Waals surface area contributed by atoms with E-state index < -0.39 is 0 Å². The summed E-state index contributed by atoms with van der Waals surface area (Å²) in [6.07, 6.45) is 1.91. The number of aromatic nitrogens is 3. The number of aromatic hydroxyl groups is 1. The van der Waals surface area contributed by atoms with Crippen molar-refractivity contribution in [3.8, 4) is 89.7 Å². The van der Waals surface area contributed by atoms with Gasteiger partial charge in [0, 0.05) is 38.5 Å². The summed E-state index contributed by atoms with van der Waals surface area (Å²) in [5.41, 5.74) is 21.2. The average Bonchev–Trinajstić information content (AvgIpc) is 3.77. The number of hydrogen-bond acceptors (Lipinski definition) is 3. The third-order valence-electron chi connectivity index (χ3n) is 14.8. The summed E-state index contributed by atoms with van der Waals surface area (Å²) in [4.78, 5) is 10.7. The molecule has 0 radical (unpaired) electrons. The summed E-state index contributed by atoms with van der Waals surface area (Å²) in [6.45, 7) is 29.1. The third kappa shape index (κ3) is 10.5. The molecule has 4 nitrogen and oxygen atoms in total. The smallest absolute Gasteiger partial charge is 0.148 e. The number of para-hydroxylation sites is 1. The van der Waals surface area contributed by atoms with Crippen molar-refractivity contribution >= 4 is 11.0 Å². The van der Waals surface area contributed by atoms with Gasteiger partial charge >= 0.3 is 0 Å². The van der Waals surface area contributed by atoms with Crippen molar-refractivity contribution < 1.29 is 26.2 Å². The van der Waals surface area contributed by atoms with Gasteiger partial charge in [-0.25, -0.2) is 4.98 Å². The number of imidazole rings is 1. The normalized spacial score (nSPS) is 12.2. The van der Waals surface area contributed by atoms with E-state index in [2.05, 4.69) is 277 Å². The van der Waals surface area contributed by atoms with Gasteiger partial charge < -0.3 is 5.11 Å². The minimum absolute atomic E-state index is 0. The van der Waals surface area contributed by atoms with Crippen LogP contribution >= 0.6 is 0 Å². The molecule has 0 aliphatic rings. The predicted molar refractivity (Wildman–Crippen MR) is 317 cm³/mol. The topological polar surface area (TPSA) is 50.9 Å². The predicted octanol–water partition coefficient (Wildman–Crippen LogP) is 19.1. The van der Waals surface area contributed by atoms with E-state index in [0.717, 1.165) is 72.5 Å². The summed E-state index contributed by atoms with van der Waals surface area (Å²) in [5.74, 6) is 0.932. The van der Waals surface area contributed by atoms with Crippen LogP contribution in [0.25, 0.3) is 95.0 Å². The van der Waals surface area contributed by atoms with Gasteiger partial charge in [0.1, 0.15) is 11.6 Å². The molecule has 0 spiro atoms. The van der Waals surface area contributed by atoms with Gasteiger partial charge in [-0.05, 0) is 120 Å². The average molecular weight is 1180 g/mol. The molecule has 76 heavy (non-hydrogen) atoms. The number of phenolic OH excluding ortho intramolecular Hbond substituents is 1. The maximum atomic E-state index is 12.7. The summed E-state index contributed by atoms with van der Waals surface area (Å²) in [5, 5.41) is 12.7. The Hall–Kier alpha value is -7.13. The van der Waals surface area contributed by atoms with E-state index in [1.165, 1.54) is 38.9 Å². The summed E-state index contributed by atoms with van der Waals surface area (Å²) in [7, 11) is 0. The summed E-state index contributed by atoms with van der Waals surface area (Å²) in [6, 6.07) is 67.0. The zero-order valence-electron chi connectivity index (χ0n) is 46.4. The van der Waals surface area contributed by atoms with Gasteiger partial charge in [-0.15, -0.1) is 29.3 Å². The van der Waals surface area contributed by atoms with Crippen LogP contribution in [0.1, 0.15) is 111 Å². The SMILES string of the molecule is Cc1cc(-c2c(-c3ccccc3)cccc2C(C)(C)C)ccc1-n1c(-c2cc(C(C)(C)C)cc(C(C)(C)C)c2O)nc2c(-c3[c-]c(-c4cc(-c5ccc(-c6ccccc6)cc5)ccn4)cc(C(C)(C)C)c3)cccc21.[Pt]. The van der Waals surface area contributed by atoms with E-state index in [0.29, 0.717) is 11.4 Å². The van der Waals surface area contributed by atoms with Gasteiger partial charge in [0.15, 0.2) is 0 Å². The molecule has 0 saturated heterocycles. The van der Waals surface area contributed by atoms with Crippen LogP contribution < -0.4 is 0 Å². The Morgan fingerprint density at radius 2 is 1.00 bits per heavy atom. The molecule has 1 N–H and O–H groups in total. The Morgan fingerprint density at radius 3 is 1.62 bits per heavy atom. The fourth-order valence-electron chi connectivity index (χ4n) is 10.5. The number of rotatable bonds is 8. The number of aryl methyl sites for hydroxylation is 1. The Labute approximate surface area is 466 Å². The second kappa shape index (κ2) is 20.4. The molecule has 0 fully saturated rings. The molecule has 0 aliphatic carbocycles. The van der Waals surface area contributed by atoms with Crippen molar-refractivity contribution in [2.24, 2.45) is 0 Å². The van der Waals surface area contributed by atoms with E-state index in [-0.39, 0.29) is 48.5 Å². The van der Waals surface area contributed by atoms with Crippen LogP contribution in [0.3, 0.4) is 0 Å². The molecule has 0 atom stereocenters. The molecule has 386 valence electrons. The largest absolute Gasteiger partial charge is 0.507 e. The molecular weight excluding hydrogens is 1110 g/mol. The fraction of sp³-hybridized carbons (Fsp3) is 0.239. The number of nitrogens with zero attached hydrogens (tertiary/aromatic N) is 3. The van der Waals surface area contributed by atoms with Crippen molar-refractivity contribution in [2.45, 2.75) is 112 Å². The Bertz CT molecular complexity index is 3750. The van der Waals surface area contributed by atoms with Gasteiger partial charge in [0.05, 0.1) is 22.3 Å². The standard InChI is InChI=1S/C71H70N3O.Pt/c1-45-38-51(64-56(49-24-18-15-19-25-49)26-20-28-59(64)70(8,9)10)34-35-62(45)74-63-29-21-27-57(65(63)73-67(74)58-43-55(69(5,6)7)44-60(66(58)75)71(11,12)13)52-39-53(41-54(40-52)68(2,3)4)61-42-50(36-37-72-61)48-32-30-47(31-33-48)46-22-16-14-17-23-46;/h14-38,40-44,75H,1-13H3;/q-1;. The maximum Gasteiger partial charge on any atom is 0.148 e. The molecule has 10 rings (SSSR count). The van der Waals surface area contributed by atoms with Crippen LogP contribution in [0.5, 0.6) is 5.75 Å². The molecule has 10 aromatic rings. The second-order valence-electron chi connectivity index (χ2n) is 24.5. The molecule has 2 heterocycles. The number of hydrogen-bond donors (Lipinski definition) is 1. The van der Waals surface area contributed by atoms with Crippen molar-refractivity contribution in [3.05, 3.63) is 216 Å². The van der Waals surface area contributed by atoms with Crippen LogP contribution in [-0.4, -0.2) is 19.6 Å². The van der Waals surface area contributed by atoms with Gasteiger partial charge in [-0.2, -0.15) is 0 Å². The summed E-state index contributed by atoms with van der Waals surface area (Å²) < 4.78 is 2.28. The first-order chi connectivity index (χ1) is 35.5. The van der Waals surface area contributed by atoms with E-state index >= 15 is 0 Å². The van der Waals surface area contributed by atoms with Crippen LogP contribution in [0.2, 0.25) is 0 Å².